The molecule has 0 saturated carbocycles. The van der Waals surface area contributed by atoms with Crippen molar-refractivity contribution >= 4 is 16.8 Å². The van der Waals surface area contributed by atoms with Gasteiger partial charge in [0.05, 0.1) is 5.52 Å². The zero-order valence-electron chi connectivity index (χ0n) is 11.8. The summed E-state index contributed by atoms with van der Waals surface area (Å²) in [5, 5.41) is 3.70. The second kappa shape index (κ2) is 4.91. The summed E-state index contributed by atoms with van der Waals surface area (Å²) in [7, 11) is 0. The molecule has 0 unspecified atom stereocenters. The number of nitrogens with zero attached hydrogens (tertiary/aromatic N) is 1. The van der Waals surface area contributed by atoms with Gasteiger partial charge < -0.3 is 5.32 Å². The molecule has 3 nitrogen and oxygen atoms in total. The molecule has 3 aromatic rings. The van der Waals surface area contributed by atoms with Crippen LogP contribution in [0.4, 0.5) is 4.39 Å². The molecule has 0 radical (unpaired) electrons. The molecule has 1 amide bonds. The third kappa shape index (κ3) is 1.96. The average Bonchev–Trinajstić information content (AvgIpc) is 2.56. The highest BCUT2D eigenvalue weighted by Crippen LogP contribution is 2.30. The van der Waals surface area contributed by atoms with Gasteiger partial charge in [-0.25, -0.2) is 4.39 Å². The molecule has 4 rings (SSSR count). The normalized spacial score (nSPS) is 13.8. The molecule has 2 heterocycles. The van der Waals surface area contributed by atoms with Crippen molar-refractivity contribution in [2.45, 2.75) is 6.42 Å². The van der Waals surface area contributed by atoms with Gasteiger partial charge in [0, 0.05) is 40.4 Å². The summed E-state index contributed by atoms with van der Waals surface area (Å²) in [6, 6.07) is 13.0. The summed E-state index contributed by atoms with van der Waals surface area (Å²) in [6.45, 7) is 0.474. The zero-order valence-corrected chi connectivity index (χ0v) is 11.8. The van der Waals surface area contributed by atoms with Crippen molar-refractivity contribution in [3.05, 3.63) is 65.6 Å². The van der Waals surface area contributed by atoms with Crippen molar-refractivity contribution in [2.24, 2.45) is 0 Å². The molecule has 2 aromatic carbocycles. The number of hydrogen-bond acceptors (Lipinski definition) is 2. The largest absolute Gasteiger partial charge is 0.352 e. The van der Waals surface area contributed by atoms with Crippen molar-refractivity contribution in [3.63, 3.8) is 0 Å². The summed E-state index contributed by atoms with van der Waals surface area (Å²) >= 11 is 0. The van der Waals surface area contributed by atoms with Gasteiger partial charge >= 0.3 is 0 Å². The summed E-state index contributed by atoms with van der Waals surface area (Å²) in [6.07, 6.45) is 2.19. The first-order chi connectivity index (χ1) is 10.7. The van der Waals surface area contributed by atoms with Gasteiger partial charge in [-0.1, -0.05) is 24.3 Å². The fourth-order valence-corrected chi connectivity index (χ4v) is 2.92. The predicted octanol–water partition coefficient (Wildman–Crippen LogP) is 3.33. The number of pyridine rings is 1. The maximum atomic E-state index is 14.8. The maximum Gasteiger partial charge on any atom is 0.251 e. The van der Waals surface area contributed by atoms with Gasteiger partial charge in [-0.3, -0.25) is 9.78 Å². The molecule has 1 aromatic heterocycles. The van der Waals surface area contributed by atoms with Gasteiger partial charge in [-0.15, -0.1) is 0 Å². The third-order valence-electron chi connectivity index (χ3n) is 4.05. The van der Waals surface area contributed by atoms with Crippen LogP contribution in [0.3, 0.4) is 0 Å². The first-order valence-corrected chi connectivity index (χ1v) is 7.19. The van der Waals surface area contributed by atoms with E-state index in [1.807, 2.05) is 30.3 Å². The van der Waals surface area contributed by atoms with Crippen LogP contribution in [0.1, 0.15) is 15.9 Å². The Morgan fingerprint density at radius 3 is 2.82 bits per heavy atom. The van der Waals surface area contributed by atoms with Crippen LogP contribution in [-0.4, -0.2) is 17.4 Å². The van der Waals surface area contributed by atoms with E-state index in [4.69, 9.17) is 0 Å². The molecule has 0 saturated heterocycles. The molecule has 108 valence electrons. The van der Waals surface area contributed by atoms with Crippen LogP contribution in [0, 0.1) is 5.82 Å². The molecular weight excluding hydrogens is 279 g/mol. The highest BCUT2D eigenvalue weighted by atomic mass is 19.1. The van der Waals surface area contributed by atoms with E-state index in [2.05, 4.69) is 10.3 Å². The van der Waals surface area contributed by atoms with Crippen molar-refractivity contribution in [3.8, 4) is 11.1 Å². The number of aromatic nitrogens is 1. The van der Waals surface area contributed by atoms with Crippen LogP contribution in [0.25, 0.3) is 22.0 Å². The first-order valence-electron chi connectivity index (χ1n) is 7.19. The number of rotatable bonds is 1. The fourth-order valence-electron chi connectivity index (χ4n) is 2.92. The molecule has 0 fully saturated rings. The van der Waals surface area contributed by atoms with Gasteiger partial charge in [0.15, 0.2) is 0 Å². The SMILES string of the molecule is O=C1NCCc2c1ccc(-c1cnc3ccccc3c1)c2F. The number of halogens is 1. The molecule has 1 N–H and O–H groups in total. The number of fused-ring (bicyclic) bond motifs is 2. The first kappa shape index (κ1) is 13.0. The Morgan fingerprint density at radius 1 is 1.09 bits per heavy atom. The van der Waals surface area contributed by atoms with E-state index >= 15 is 0 Å². The third-order valence-corrected chi connectivity index (χ3v) is 4.05. The van der Waals surface area contributed by atoms with Gasteiger partial charge in [0.2, 0.25) is 0 Å². The van der Waals surface area contributed by atoms with Crippen molar-refractivity contribution in [2.75, 3.05) is 6.54 Å². The lowest BCUT2D eigenvalue weighted by Crippen LogP contribution is -2.32. The van der Waals surface area contributed by atoms with Crippen LogP contribution >= 0.6 is 0 Å². The topological polar surface area (TPSA) is 42.0 Å². The van der Waals surface area contributed by atoms with Crippen molar-refractivity contribution < 1.29 is 9.18 Å². The number of carbonyl (C=O) groups is 1. The maximum absolute atomic E-state index is 14.8. The number of para-hydroxylation sites is 1. The lowest BCUT2D eigenvalue weighted by atomic mass is 9.94. The Morgan fingerprint density at radius 2 is 1.91 bits per heavy atom. The van der Waals surface area contributed by atoms with E-state index in [-0.39, 0.29) is 11.7 Å². The molecule has 4 heteroatoms. The second-order valence-electron chi connectivity index (χ2n) is 5.38. The predicted molar refractivity (Wildman–Crippen MR) is 83.2 cm³/mol. The number of amides is 1. The second-order valence-corrected chi connectivity index (χ2v) is 5.38. The van der Waals surface area contributed by atoms with Crippen molar-refractivity contribution in [1.82, 2.24) is 10.3 Å². The molecule has 1 aliphatic heterocycles. The highest BCUT2D eigenvalue weighted by molar-refractivity contribution is 5.97. The van der Waals surface area contributed by atoms with Crippen LogP contribution in [0.5, 0.6) is 0 Å². The Kier molecular flexibility index (Phi) is 2.89. The monoisotopic (exact) mass is 292 g/mol. The van der Waals surface area contributed by atoms with Crippen LogP contribution < -0.4 is 5.32 Å². The van der Waals surface area contributed by atoms with Gasteiger partial charge in [-0.05, 0) is 24.6 Å². The summed E-state index contributed by atoms with van der Waals surface area (Å²) in [4.78, 5) is 16.1. The van der Waals surface area contributed by atoms with E-state index in [1.54, 1.807) is 18.3 Å². The molecule has 0 spiro atoms. The molecule has 1 aliphatic rings. The Bertz CT molecular complexity index is 905. The Balaban J connectivity index is 1.89. The Hall–Kier alpha value is -2.75. The average molecular weight is 292 g/mol. The zero-order chi connectivity index (χ0) is 15.1. The van der Waals surface area contributed by atoms with Gasteiger partial charge in [0.25, 0.3) is 5.91 Å². The molecule has 0 bridgehead atoms. The van der Waals surface area contributed by atoms with E-state index in [0.29, 0.717) is 29.7 Å². The van der Waals surface area contributed by atoms with E-state index < -0.39 is 0 Å². The molecule has 0 atom stereocenters. The summed E-state index contributed by atoms with van der Waals surface area (Å²) in [5.41, 5.74) is 3.02. The minimum atomic E-state index is -0.315. The summed E-state index contributed by atoms with van der Waals surface area (Å²) in [5.74, 6) is -0.521. The molecule has 0 aliphatic carbocycles. The smallest absolute Gasteiger partial charge is 0.251 e. The quantitative estimate of drug-likeness (QED) is 0.747. The van der Waals surface area contributed by atoms with Gasteiger partial charge in [0.1, 0.15) is 5.82 Å². The number of hydrogen-bond donors (Lipinski definition) is 1. The van der Waals surface area contributed by atoms with E-state index in [9.17, 15) is 9.18 Å². The molecular formula is C18H13FN2O. The van der Waals surface area contributed by atoms with Crippen LogP contribution in [-0.2, 0) is 6.42 Å². The number of nitrogens with one attached hydrogen (secondary N) is 1. The van der Waals surface area contributed by atoms with E-state index in [1.165, 1.54) is 0 Å². The summed E-state index contributed by atoms with van der Waals surface area (Å²) < 4.78 is 14.8. The lowest BCUT2D eigenvalue weighted by molar-refractivity contribution is 0.0945. The number of carbonyl (C=O) groups excluding carboxylic acids is 1. The fraction of sp³-hybridized carbons (Fsp3) is 0.111. The standard InChI is InChI=1S/C18H13FN2O/c19-17-13(5-6-15-14(17)7-8-20-18(15)22)12-9-11-3-1-2-4-16(11)21-10-12/h1-6,9-10H,7-8H2,(H,20,22). The highest BCUT2D eigenvalue weighted by Gasteiger charge is 2.22. The van der Waals surface area contributed by atoms with E-state index in [0.717, 1.165) is 16.5 Å². The van der Waals surface area contributed by atoms with Crippen LogP contribution in [0.15, 0.2) is 48.7 Å². The van der Waals surface area contributed by atoms with Crippen molar-refractivity contribution in [1.29, 1.82) is 0 Å². The lowest BCUT2D eigenvalue weighted by Gasteiger charge is -2.18. The minimum absolute atomic E-state index is 0.205. The Labute approximate surface area is 126 Å². The minimum Gasteiger partial charge on any atom is -0.352 e. The number of benzene rings is 2. The van der Waals surface area contributed by atoms with Crippen LogP contribution in [0.2, 0.25) is 0 Å². The molecule has 22 heavy (non-hydrogen) atoms. The van der Waals surface area contributed by atoms with Gasteiger partial charge in [-0.2, -0.15) is 0 Å².